The molecule has 1 fully saturated rings. The van der Waals surface area contributed by atoms with Crippen molar-refractivity contribution in [1.82, 2.24) is 10.2 Å². The lowest BCUT2D eigenvalue weighted by atomic mass is 10.0. The number of methoxy groups -OCH3 is 2. The van der Waals surface area contributed by atoms with E-state index < -0.39 is 15.9 Å². The summed E-state index contributed by atoms with van der Waals surface area (Å²) in [6, 6.07) is 14.3. The minimum Gasteiger partial charge on any atom is -0.497 e. The lowest BCUT2D eigenvalue weighted by Gasteiger charge is -2.33. The van der Waals surface area contributed by atoms with Gasteiger partial charge in [0.25, 0.3) is 0 Å². The van der Waals surface area contributed by atoms with E-state index in [2.05, 4.69) is 5.32 Å². The van der Waals surface area contributed by atoms with Crippen molar-refractivity contribution in [3.63, 3.8) is 0 Å². The summed E-state index contributed by atoms with van der Waals surface area (Å²) in [5, 5.41) is 2.98. The van der Waals surface area contributed by atoms with Crippen molar-refractivity contribution in [2.24, 2.45) is 0 Å². The van der Waals surface area contributed by atoms with Crippen LogP contribution in [0, 0.1) is 0 Å². The minimum absolute atomic E-state index is 0.0628. The number of carbonyl (C=O) groups excluding carboxylic acids is 1. The van der Waals surface area contributed by atoms with Gasteiger partial charge in [-0.15, -0.1) is 0 Å². The van der Waals surface area contributed by atoms with E-state index in [-0.39, 0.29) is 24.0 Å². The van der Waals surface area contributed by atoms with Gasteiger partial charge in [-0.05, 0) is 23.8 Å². The molecule has 1 N–H and O–H groups in total. The highest BCUT2D eigenvalue weighted by Crippen LogP contribution is 2.26. The van der Waals surface area contributed by atoms with Crippen molar-refractivity contribution in [3.05, 3.63) is 59.7 Å². The van der Waals surface area contributed by atoms with Crippen molar-refractivity contribution in [2.75, 3.05) is 38.8 Å². The van der Waals surface area contributed by atoms with Gasteiger partial charge in [-0.25, -0.2) is 8.42 Å². The van der Waals surface area contributed by atoms with Gasteiger partial charge in [0.1, 0.15) is 17.5 Å². The van der Waals surface area contributed by atoms with Crippen LogP contribution < -0.4 is 14.8 Å². The van der Waals surface area contributed by atoms with Crippen LogP contribution in [0.1, 0.15) is 17.2 Å². The van der Waals surface area contributed by atoms with Gasteiger partial charge in [0, 0.05) is 25.2 Å². The largest absolute Gasteiger partial charge is 0.497 e. The fraction of sp³-hybridized carbons (Fsp3) is 0.381. The van der Waals surface area contributed by atoms with E-state index in [0.717, 1.165) is 11.1 Å². The summed E-state index contributed by atoms with van der Waals surface area (Å²) in [6.45, 7) is 0.935. The van der Waals surface area contributed by atoms with Gasteiger partial charge in [0.15, 0.2) is 9.84 Å². The third-order valence-corrected chi connectivity index (χ3v) is 6.66. The minimum atomic E-state index is -3.03. The summed E-state index contributed by atoms with van der Waals surface area (Å²) in [5.41, 5.74) is 1.63. The number of nitrogens with one attached hydrogen (secondary N) is 1. The van der Waals surface area contributed by atoms with Crippen LogP contribution in [0.4, 0.5) is 0 Å². The maximum atomic E-state index is 13.2. The first-order chi connectivity index (χ1) is 13.9. The Labute approximate surface area is 171 Å². The van der Waals surface area contributed by atoms with E-state index in [4.69, 9.17) is 9.47 Å². The van der Waals surface area contributed by atoms with Crippen LogP contribution in [0.2, 0.25) is 0 Å². The first-order valence-corrected chi connectivity index (χ1v) is 11.2. The number of sulfone groups is 1. The molecule has 7 nitrogen and oxygen atoms in total. The average molecular weight is 419 g/mol. The highest BCUT2D eigenvalue weighted by molar-refractivity contribution is 7.91. The van der Waals surface area contributed by atoms with Gasteiger partial charge in [0.2, 0.25) is 5.91 Å². The zero-order valence-corrected chi connectivity index (χ0v) is 17.4. The first-order valence-electron chi connectivity index (χ1n) is 9.41. The van der Waals surface area contributed by atoms with Crippen LogP contribution in [-0.4, -0.2) is 58.0 Å². The number of nitrogens with zero attached hydrogens (tertiary/aromatic N) is 1. The molecule has 0 saturated carbocycles. The van der Waals surface area contributed by atoms with Crippen molar-refractivity contribution in [2.45, 2.75) is 12.6 Å². The Morgan fingerprint density at radius 3 is 2.38 bits per heavy atom. The normalized spacial score (nSPS) is 17.3. The summed E-state index contributed by atoms with van der Waals surface area (Å²) in [6.07, 6.45) is 0. The van der Waals surface area contributed by atoms with Gasteiger partial charge < -0.3 is 14.8 Å². The Balaban J connectivity index is 1.79. The van der Waals surface area contributed by atoms with E-state index in [1.807, 2.05) is 41.3 Å². The molecule has 1 aliphatic rings. The Kier molecular flexibility index (Phi) is 6.76. The number of amides is 1. The maximum absolute atomic E-state index is 13.2. The van der Waals surface area contributed by atoms with Gasteiger partial charge >= 0.3 is 0 Å². The topological polar surface area (TPSA) is 84.9 Å². The number of benzene rings is 2. The molecule has 0 aliphatic carbocycles. The number of hydrogen-bond acceptors (Lipinski definition) is 6. The molecule has 1 atom stereocenters. The Hall–Kier alpha value is -2.58. The van der Waals surface area contributed by atoms with E-state index >= 15 is 0 Å². The monoisotopic (exact) mass is 418 g/mol. The molecule has 1 amide bonds. The smallest absolute Gasteiger partial charge is 0.242 e. The van der Waals surface area contributed by atoms with Crippen molar-refractivity contribution in [1.29, 1.82) is 0 Å². The van der Waals surface area contributed by atoms with Gasteiger partial charge in [-0.2, -0.15) is 0 Å². The molecule has 0 aromatic heterocycles. The predicted octanol–water partition coefficient (Wildman–Crippen LogP) is 1.79. The highest BCUT2D eigenvalue weighted by Gasteiger charge is 2.32. The van der Waals surface area contributed by atoms with Crippen LogP contribution in [0.3, 0.4) is 0 Å². The number of hydrogen-bond donors (Lipinski definition) is 1. The zero-order valence-electron chi connectivity index (χ0n) is 16.6. The molecule has 0 radical (unpaired) electrons. The summed E-state index contributed by atoms with van der Waals surface area (Å²) >= 11 is 0. The Morgan fingerprint density at radius 2 is 1.76 bits per heavy atom. The second-order valence-electron chi connectivity index (χ2n) is 6.90. The van der Waals surface area contributed by atoms with Crippen LogP contribution >= 0.6 is 0 Å². The molecule has 156 valence electrons. The predicted molar refractivity (Wildman–Crippen MR) is 111 cm³/mol. The second-order valence-corrected chi connectivity index (χ2v) is 9.20. The SMILES string of the molecule is COc1ccc(OC)c(CNC(=O)C(c2ccccc2)N2CCS(=O)(=O)CC2)c1. The molecule has 1 saturated heterocycles. The van der Waals surface area contributed by atoms with Crippen LogP contribution in [0.25, 0.3) is 0 Å². The molecule has 0 spiro atoms. The van der Waals surface area contributed by atoms with Gasteiger partial charge in [-0.1, -0.05) is 30.3 Å². The first kappa shape index (κ1) is 21.1. The zero-order chi connectivity index (χ0) is 20.9. The number of rotatable bonds is 7. The number of ether oxygens (including phenoxy) is 2. The quantitative estimate of drug-likeness (QED) is 0.738. The molecule has 1 heterocycles. The number of carbonyl (C=O) groups is 1. The fourth-order valence-corrected chi connectivity index (χ4v) is 4.68. The third kappa shape index (κ3) is 5.27. The van der Waals surface area contributed by atoms with Crippen LogP contribution in [-0.2, 0) is 21.2 Å². The third-order valence-electron chi connectivity index (χ3n) is 5.05. The molecule has 1 unspecified atom stereocenters. The van der Waals surface area contributed by atoms with E-state index in [0.29, 0.717) is 24.6 Å². The van der Waals surface area contributed by atoms with Gasteiger partial charge in [-0.3, -0.25) is 9.69 Å². The lowest BCUT2D eigenvalue weighted by molar-refractivity contribution is -0.126. The molecule has 2 aromatic carbocycles. The lowest BCUT2D eigenvalue weighted by Crippen LogP contribution is -2.47. The molecular weight excluding hydrogens is 392 g/mol. The molecule has 1 aliphatic heterocycles. The molecule has 8 heteroatoms. The van der Waals surface area contributed by atoms with E-state index in [1.165, 1.54) is 0 Å². The molecule has 2 aromatic rings. The van der Waals surface area contributed by atoms with E-state index in [9.17, 15) is 13.2 Å². The summed E-state index contributed by atoms with van der Waals surface area (Å²) < 4.78 is 34.3. The average Bonchev–Trinajstić information content (AvgIpc) is 2.74. The maximum Gasteiger partial charge on any atom is 0.242 e. The standard InChI is InChI=1S/C21H26N2O5S/c1-27-18-8-9-19(28-2)17(14-18)15-22-21(24)20(16-6-4-3-5-7-16)23-10-12-29(25,26)13-11-23/h3-9,14,20H,10-13,15H2,1-2H3,(H,22,24). The highest BCUT2D eigenvalue weighted by atomic mass is 32.2. The van der Waals surface area contributed by atoms with Crippen LogP contribution in [0.5, 0.6) is 11.5 Å². The summed E-state index contributed by atoms with van der Waals surface area (Å²) in [7, 11) is 0.128. The van der Waals surface area contributed by atoms with Crippen molar-refractivity contribution < 1.29 is 22.7 Å². The fourth-order valence-electron chi connectivity index (χ4n) is 3.45. The summed E-state index contributed by atoms with van der Waals surface area (Å²) in [5.74, 6) is 1.28. The van der Waals surface area contributed by atoms with Crippen molar-refractivity contribution in [3.8, 4) is 11.5 Å². The molecule has 0 bridgehead atoms. The Bertz CT molecular complexity index is 933. The van der Waals surface area contributed by atoms with Gasteiger partial charge in [0.05, 0.1) is 25.7 Å². The second kappa shape index (κ2) is 9.28. The summed E-state index contributed by atoms with van der Waals surface area (Å²) in [4.78, 5) is 15.1. The molecule has 29 heavy (non-hydrogen) atoms. The van der Waals surface area contributed by atoms with Crippen molar-refractivity contribution >= 4 is 15.7 Å². The molecule has 3 rings (SSSR count). The van der Waals surface area contributed by atoms with E-state index in [1.54, 1.807) is 26.4 Å². The molecular formula is C21H26N2O5S. The Morgan fingerprint density at radius 1 is 1.07 bits per heavy atom. The van der Waals surface area contributed by atoms with Crippen LogP contribution in [0.15, 0.2) is 48.5 Å².